The zero-order valence-corrected chi connectivity index (χ0v) is 8.02. The lowest BCUT2D eigenvalue weighted by atomic mass is 10.0. The van der Waals surface area contributed by atoms with Crippen LogP contribution in [-0.2, 0) is 19.1 Å². The number of ketones is 2. The maximum Gasteiger partial charge on any atom is 0.384 e. The Labute approximate surface area is 85.8 Å². The summed E-state index contributed by atoms with van der Waals surface area (Å²) in [6.45, 7) is 1.90. The van der Waals surface area contributed by atoms with Gasteiger partial charge in [-0.25, -0.2) is 4.79 Å². The number of aryl methyl sites for hydroxylation is 1. The molecule has 0 amide bonds. The van der Waals surface area contributed by atoms with Gasteiger partial charge in [0.15, 0.2) is 6.10 Å². The Morgan fingerprint density at radius 2 is 1.67 bits per heavy atom. The molecule has 1 saturated heterocycles. The molecule has 1 fully saturated rings. The molecule has 4 nitrogen and oxygen atoms in total. The molecule has 0 radical (unpaired) electrons. The van der Waals surface area contributed by atoms with Gasteiger partial charge in [-0.05, 0) is 6.92 Å². The van der Waals surface area contributed by atoms with Gasteiger partial charge < -0.3 is 4.74 Å². The maximum absolute atomic E-state index is 11.3. The molecule has 15 heavy (non-hydrogen) atoms. The third kappa shape index (κ3) is 1.54. The fourth-order valence-corrected chi connectivity index (χ4v) is 1.39. The van der Waals surface area contributed by atoms with E-state index in [1.165, 1.54) is 0 Å². The molecule has 0 unspecified atom stereocenters. The Hall–Kier alpha value is -1.97. The highest BCUT2D eigenvalue weighted by Crippen LogP contribution is 2.24. The molecule has 0 bridgehead atoms. The third-order valence-corrected chi connectivity index (χ3v) is 2.25. The van der Waals surface area contributed by atoms with Crippen LogP contribution in [0.4, 0.5) is 0 Å². The number of Topliss-reactive ketones (excluding diaryl/α,β-unsaturated/α-hetero) is 2. The van der Waals surface area contributed by atoms with Crippen LogP contribution in [0.25, 0.3) is 0 Å². The molecule has 1 aromatic rings. The van der Waals surface area contributed by atoms with Crippen molar-refractivity contribution >= 4 is 17.5 Å². The summed E-state index contributed by atoms with van der Waals surface area (Å²) in [6.07, 6.45) is -1.05. The molecule has 0 aromatic heterocycles. The number of benzene rings is 1. The summed E-state index contributed by atoms with van der Waals surface area (Å²) < 4.78 is 4.67. The molecule has 76 valence electrons. The number of carbonyl (C=O) groups is 3. The van der Waals surface area contributed by atoms with Crippen LogP contribution in [0, 0.1) is 6.92 Å². The van der Waals surface area contributed by atoms with Crippen molar-refractivity contribution < 1.29 is 19.1 Å². The van der Waals surface area contributed by atoms with Crippen molar-refractivity contribution in [2.45, 2.75) is 13.0 Å². The van der Waals surface area contributed by atoms with Crippen LogP contribution in [0.1, 0.15) is 17.2 Å². The fraction of sp³-hybridized carbons (Fsp3) is 0.182. The van der Waals surface area contributed by atoms with Gasteiger partial charge in [-0.2, -0.15) is 0 Å². The molecule has 1 aromatic carbocycles. The van der Waals surface area contributed by atoms with E-state index < -0.39 is 23.6 Å². The molecule has 1 aliphatic rings. The van der Waals surface area contributed by atoms with E-state index in [-0.39, 0.29) is 0 Å². The third-order valence-electron chi connectivity index (χ3n) is 2.25. The zero-order valence-electron chi connectivity index (χ0n) is 8.02. The summed E-state index contributed by atoms with van der Waals surface area (Å²) in [6, 6.07) is 6.92. The van der Waals surface area contributed by atoms with Gasteiger partial charge in [0.05, 0.1) is 0 Å². The minimum atomic E-state index is -1.07. The number of hydrogen-bond donors (Lipinski definition) is 0. The summed E-state index contributed by atoms with van der Waals surface area (Å²) in [7, 11) is 0. The second-order valence-electron chi connectivity index (χ2n) is 3.39. The fourth-order valence-electron chi connectivity index (χ4n) is 1.39. The molecule has 2 rings (SSSR count). The van der Waals surface area contributed by atoms with Crippen molar-refractivity contribution in [3.63, 3.8) is 0 Å². The first-order chi connectivity index (χ1) is 7.09. The van der Waals surface area contributed by atoms with Crippen LogP contribution in [0.3, 0.4) is 0 Å². The van der Waals surface area contributed by atoms with Gasteiger partial charge in [-0.15, -0.1) is 0 Å². The average molecular weight is 204 g/mol. The molecule has 0 spiro atoms. The van der Waals surface area contributed by atoms with Gasteiger partial charge >= 0.3 is 11.8 Å². The van der Waals surface area contributed by atoms with E-state index in [4.69, 9.17) is 0 Å². The van der Waals surface area contributed by atoms with E-state index in [1.807, 2.05) is 6.92 Å². The number of hydrogen-bond acceptors (Lipinski definition) is 4. The highest BCUT2D eigenvalue weighted by atomic mass is 16.6. The summed E-state index contributed by atoms with van der Waals surface area (Å²) in [5.74, 6) is -2.92. The lowest BCUT2D eigenvalue weighted by Gasteiger charge is -2.06. The van der Waals surface area contributed by atoms with Gasteiger partial charge in [0.2, 0.25) is 0 Å². The number of ether oxygens (including phenoxy) is 1. The number of rotatable bonds is 1. The van der Waals surface area contributed by atoms with Crippen molar-refractivity contribution in [1.29, 1.82) is 0 Å². The second-order valence-corrected chi connectivity index (χ2v) is 3.39. The van der Waals surface area contributed by atoms with E-state index in [0.29, 0.717) is 5.56 Å². The summed E-state index contributed by atoms with van der Waals surface area (Å²) in [4.78, 5) is 33.1. The quantitative estimate of drug-likeness (QED) is 0.499. The van der Waals surface area contributed by atoms with E-state index >= 15 is 0 Å². The molecule has 4 heteroatoms. The molecular formula is C11H8O4. The van der Waals surface area contributed by atoms with Gasteiger partial charge in [0, 0.05) is 5.56 Å². The first kappa shape index (κ1) is 9.58. The van der Waals surface area contributed by atoms with Crippen LogP contribution in [0.15, 0.2) is 24.3 Å². The van der Waals surface area contributed by atoms with E-state index in [2.05, 4.69) is 4.74 Å². The van der Waals surface area contributed by atoms with Crippen LogP contribution in [0.5, 0.6) is 0 Å². The Morgan fingerprint density at radius 3 is 2.13 bits per heavy atom. The molecule has 1 heterocycles. The second kappa shape index (κ2) is 3.31. The summed E-state index contributed by atoms with van der Waals surface area (Å²) in [5.41, 5.74) is 1.56. The topological polar surface area (TPSA) is 60.4 Å². The van der Waals surface area contributed by atoms with Crippen molar-refractivity contribution in [3.8, 4) is 0 Å². The summed E-state index contributed by atoms with van der Waals surface area (Å²) in [5, 5.41) is 0. The molecular weight excluding hydrogens is 196 g/mol. The Morgan fingerprint density at radius 1 is 1.07 bits per heavy atom. The highest BCUT2D eigenvalue weighted by Gasteiger charge is 2.42. The predicted octanol–water partition coefficient (Wildman–Crippen LogP) is 0.731. The van der Waals surface area contributed by atoms with Gasteiger partial charge in [-0.3, -0.25) is 9.59 Å². The van der Waals surface area contributed by atoms with E-state index in [9.17, 15) is 14.4 Å². The molecule has 0 N–H and O–H groups in total. The lowest BCUT2D eigenvalue weighted by molar-refractivity contribution is -0.149. The monoisotopic (exact) mass is 204 g/mol. The van der Waals surface area contributed by atoms with Crippen molar-refractivity contribution in [3.05, 3.63) is 35.4 Å². The number of esters is 1. The van der Waals surface area contributed by atoms with Crippen LogP contribution in [-0.4, -0.2) is 17.5 Å². The number of carbonyl (C=O) groups excluding carboxylic acids is 3. The first-order valence-electron chi connectivity index (χ1n) is 4.45. The van der Waals surface area contributed by atoms with Crippen LogP contribution < -0.4 is 0 Å². The molecule has 1 aliphatic heterocycles. The first-order valence-corrected chi connectivity index (χ1v) is 4.45. The Balaban J connectivity index is 2.33. The highest BCUT2D eigenvalue weighted by molar-refractivity contribution is 6.65. The average Bonchev–Trinajstić information content (AvgIpc) is 2.47. The lowest BCUT2D eigenvalue weighted by Crippen LogP contribution is -2.14. The van der Waals surface area contributed by atoms with Crippen molar-refractivity contribution in [2.24, 2.45) is 0 Å². The van der Waals surface area contributed by atoms with Gasteiger partial charge in [0.1, 0.15) is 0 Å². The van der Waals surface area contributed by atoms with E-state index in [0.717, 1.165) is 5.56 Å². The van der Waals surface area contributed by atoms with Crippen molar-refractivity contribution in [2.75, 3.05) is 0 Å². The zero-order chi connectivity index (χ0) is 11.0. The SMILES string of the molecule is Cc1ccc([C@H]2OC(=O)C(=O)C2=O)cc1. The maximum atomic E-state index is 11.3. The molecule has 0 aliphatic carbocycles. The largest absolute Gasteiger partial charge is 0.443 e. The van der Waals surface area contributed by atoms with Crippen molar-refractivity contribution in [1.82, 2.24) is 0 Å². The van der Waals surface area contributed by atoms with Crippen LogP contribution in [0.2, 0.25) is 0 Å². The van der Waals surface area contributed by atoms with Crippen LogP contribution >= 0.6 is 0 Å². The smallest absolute Gasteiger partial charge is 0.384 e. The Kier molecular flexibility index (Phi) is 2.11. The predicted molar refractivity (Wildman–Crippen MR) is 50.0 cm³/mol. The molecule has 0 saturated carbocycles. The number of cyclic esters (lactones) is 1. The minimum Gasteiger partial charge on any atom is -0.443 e. The normalized spacial score (nSPS) is 20.6. The Bertz CT molecular complexity index is 444. The molecule has 1 atom stereocenters. The van der Waals surface area contributed by atoms with Gasteiger partial charge in [-0.1, -0.05) is 29.8 Å². The standard InChI is InChI=1S/C11H8O4/c1-6-2-4-7(5-3-6)10-8(12)9(13)11(14)15-10/h2-5,10H,1H3/t10-/m1/s1. The van der Waals surface area contributed by atoms with E-state index in [1.54, 1.807) is 24.3 Å². The minimum absolute atomic E-state index is 0.532. The van der Waals surface area contributed by atoms with Gasteiger partial charge in [0.25, 0.3) is 5.78 Å². The summed E-state index contributed by atoms with van der Waals surface area (Å²) >= 11 is 0.